The summed E-state index contributed by atoms with van der Waals surface area (Å²) in [6.07, 6.45) is -0.536. The summed E-state index contributed by atoms with van der Waals surface area (Å²) in [6, 6.07) is 10.1. The number of carbonyl (C=O) groups is 1. The number of hydrogen-bond donors (Lipinski definition) is 1. The van der Waals surface area contributed by atoms with Crippen LogP contribution in [-0.4, -0.2) is 42.7 Å². The van der Waals surface area contributed by atoms with Crippen molar-refractivity contribution in [3.05, 3.63) is 48.5 Å². The standard InChI is InChI=1S/C23H24F3NO5S/c24-23(25,26)32-18-9-5-15(6-10-18)16-7-11-19(12-8-16)33(30,31)27-14-13-17-3-1-2-4-20(17)21(27)22(28)29/h5-12,17,20-21H,1-4,13-14H2,(H,28,29). The Kier molecular flexibility index (Phi) is 6.41. The van der Waals surface area contributed by atoms with Crippen molar-refractivity contribution in [1.82, 2.24) is 4.31 Å². The van der Waals surface area contributed by atoms with E-state index in [1.807, 2.05) is 0 Å². The Hall–Kier alpha value is -2.59. The molecule has 1 saturated heterocycles. The molecule has 0 spiro atoms. The maximum Gasteiger partial charge on any atom is 0.573 e. The first-order valence-electron chi connectivity index (χ1n) is 10.8. The molecule has 3 atom stereocenters. The molecule has 6 nitrogen and oxygen atoms in total. The molecule has 1 aliphatic heterocycles. The first-order chi connectivity index (χ1) is 15.6. The zero-order valence-electron chi connectivity index (χ0n) is 17.7. The number of rotatable bonds is 5. The van der Waals surface area contributed by atoms with Crippen LogP contribution in [0.25, 0.3) is 11.1 Å². The molecule has 1 saturated carbocycles. The lowest BCUT2D eigenvalue weighted by Gasteiger charge is -2.44. The number of hydrogen-bond acceptors (Lipinski definition) is 4. The maximum atomic E-state index is 13.3. The molecule has 2 aliphatic rings. The van der Waals surface area contributed by atoms with E-state index in [4.69, 9.17) is 0 Å². The summed E-state index contributed by atoms with van der Waals surface area (Å²) in [7, 11) is -4.03. The highest BCUT2D eigenvalue weighted by molar-refractivity contribution is 7.89. The zero-order chi connectivity index (χ0) is 23.8. The molecule has 0 aromatic heterocycles. The first-order valence-corrected chi connectivity index (χ1v) is 12.2. The number of nitrogens with zero attached hydrogens (tertiary/aromatic N) is 1. The molecular weight excluding hydrogens is 459 g/mol. The van der Waals surface area contributed by atoms with Gasteiger partial charge in [-0.3, -0.25) is 4.79 Å². The number of alkyl halides is 3. The van der Waals surface area contributed by atoms with Crippen LogP contribution in [0.15, 0.2) is 53.4 Å². The van der Waals surface area contributed by atoms with Crippen LogP contribution in [0, 0.1) is 11.8 Å². The Balaban J connectivity index is 1.56. The van der Waals surface area contributed by atoms with Crippen molar-refractivity contribution in [2.75, 3.05) is 6.54 Å². The van der Waals surface area contributed by atoms with Gasteiger partial charge in [0.05, 0.1) is 4.90 Å². The van der Waals surface area contributed by atoms with Gasteiger partial charge in [0.2, 0.25) is 10.0 Å². The molecule has 4 rings (SSSR count). The van der Waals surface area contributed by atoms with Crippen molar-refractivity contribution >= 4 is 16.0 Å². The lowest BCUT2D eigenvalue weighted by atomic mass is 9.71. The average molecular weight is 484 g/mol. The predicted octanol–water partition coefficient (Wildman–Crippen LogP) is 4.91. The monoisotopic (exact) mass is 483 g/mol. The summed E-state index contributed by atoms with van der Waals surface area (Å²) in [6.45, 7) is 0.170. The van der Waals surface area contributed by atoms with Gasteiger partial charge in [-0.05, 0) is 60.1 Å². The molecule has 10 heteroatoms. The summed E-state index contributed by atoms with van der Waals surface area (Å²) in [5, 5.41) is 9.86. The molecule has 0 amide bonds. The third kappa shape index (κ3) is 5.01. The molecule has 0 bridgehead atoms. The summed E-state index contributed by atoms with van der Waals surface area (Å²) < 4.78 is 68.6. The van der Waals surface area contributed by atoms with E-state index < -0.39 is 28.4 Å². The smallest absolute Gasteiger partial charge is 0.480 e. The quantitative estimate of drug-likeness (QED) is 0.654. The molecule has 1 heterocycles. The van der Waals surface area contributed by atoms with Crippen LogP contribution in [0.3, 0.4) is 0 Å². The number of carboxylic acids is 1. The minimum Gasteiger partial charge on any atom is -0.480 e. The van der Waals surface area contributed by atoms with Crippen LogP contribution in [-0.2, 0) is 14.8 Å². The van der Waals surface area contributed by atoms with Crippen LogP contribution >= 0.6 is 0 Å². The average Bonchev–Trinajstić information content (AvgIpc) is 2.77. The maximum absolute atomic E-state index is 13.3. The van der Waals surface area contributed by atoms with Crippen molar-refractivity contribution in [3.63, 3.8) is 0 Å². The van der Waals surface area contributed by atoms with E-state index >= 15 is 0 Å². The van der Waals surface area contributed by atoms with E-state index in [1.54, 1.807) is 12.1 Å². The number of benzene rings is 2. The fourth-order valence-corrected chi connectivity index (χ4v) is 6.68. The lowest BCUT2D eigenvalue weighted by molar-refractivity contribution is -0.274. The normalized spacial score (nSPS) is 24.2. The molecule has 178 valence electrons. The van der Waals surface area contributed by atoms with Crippen molar-refractivity contribution in [3.8, 4) is 16.9 Å². The predicted molar refractivity (Wildman–Crippen MR) is 114 cm³/mol. The number of ether oxygens (including phenoxy) is 1. The Morgan fingerprint density at radius 2 is 1.52 bits per heavy atom. The van der Waals surface area contributed by atoms with Gasteiger partial charge in [0.25, 0.3) is 0 Å². The zero-order valence-corrected chi connectivity index (χ0v) is 18.5. The Morgan fingerprint density at radius 1 is 0.939 bits per heavy atom. The third-order valence-electron chi connectivity index (χ3n) is 6.54. The van der Waals surface area contributed by atoms with Crippen molar-refractivity contribution in [1.29, 1.82) is 0 Å². The van der Waals surface area contributed by atoms with Crippen LogP contribution in [0.4, 0.5) is 13.2 Å². The van der Waals surface area contributed by atoms with Gasteiger partial charge in [-0.15, -0.1) is 13.2 Å². The second-order valence-corrected chi connectivity index (χ2v) is 10.4. The molecule has 2 aromatic carbocycles. The van der Waals surface area contributed by atoms with E-state index in [2.05, 4.69) is 4.74 Å². The van der Waals surface area contributed by atoms with Crippen LogP contribution in [0.2, 0.25) is 0 Å². The number of piperidine rings is 1. The number of aliphatic carboxylic acids is 1. The van der Waals surface area contributed by atoms with E-state index in [-0.39, 0.29) is 29.0 Å². The third-order valence-corrected chi connectivity index (χ3v) is 8.43. The number of halogens is 3. The van der Waals surface area contributed by atoms with Crippen LogP contribution < -0.4 is 4.74 Å². The molecule has 3 unspecified atom stereocenters. The van der Waals surface area contributed by atoms with Gasteiger partial charge in [0, 0.05) is 6.54 Å². The van der Waals surface area contributed by atoms with Gasteiger partial charge in [0.1, 0.15) is 11.8 Å². The minimum atomic E-state index is -4.78. The van der Waals surface area contributed by atoms with Crippen LogP contribution in [0.5, 0.6) is 5.75 Å². The van der Waals surface area contributed by atoms with Gasteiger partial charge in [-0.2, -0.15) is 4.31 Å². The highest BCUT2D eigenvalue weighted by Gasteiger charge is 2.47. The van der Waals surface area contributed by atoms with Gasteiger partial charge < -0.3 is 9.84 Å². The first kappa shape index (κ1) is 23.6. The van der Waals surface area contributed by atoms with E-state index in [0.29, 0.717) is 24.0 Å². The topological polar surface area (TPSA) is 83.9 Å². The molecular formula is C23H24F3NO5S. The number of fused-ring (bicyclic) bond motifs is 1. The Bertz CT molecular complexity index is 1100. The summed E-state index contributed by atoms with van der Waals surface area (Å²) in [5.41, 5.74) is 1.19. The van der Waals surface area contributed by atoms with Gasteiger partial charge in [-0.1, -0.05) is 43.5 Å². The number of sulfonamides is 1. The Labute approximate surface area is 190 Å². The Morgan fingerprint density at radius 3 is 2.09 bits per heavy atom. The highest BCUT2D eigenvalue weighted by atomic mass is 32.2. The van der Waals surface area contributed by atoms with E-state index in [0.717, 1.165) is 23.6 Å². The fraction of sp³-hybridized carbons (Fsp3) is 0.435. The molecule has 33 heavy (non-hydrogen) atoms. The molecule has 2 aromatic rings. The largest absolute Gasteiger partial charge is 0.573 e. The molecule has 1 N–H and O–H groups in total. The van der Waals surface area contributed by atoms with Gasteiger partial charge in [-0.25, -0.2) is 8.42 Å². The van der Waals surface area contributed by atoms with Crippen molar-refractivity contribution in [2.24, 2.45) is 11.8 Å². The molecule has 1 aliphatic carbocycles. The second kappa shape index (κ2) is 8.98. The highest BCUT2D eigenvalue weighted by Crippen LogP contribution is 2.42. The molecule has 0 radical (unpaired) electrons. The SMILES string of the molecule is O=C(O)C1C2CCCCC2CCN1S(=O)(=O)c1ccc(-c2ccc(OC(F)(F)F)cc2)cc1. The lowest BCUT2D eigenvalue weighted by Crippen LogP contribution is -2.55. The van der Waals surface area contributed by atoms with Crippen molar-refractivity contribution < 1.29 is 36.2 Å². The van der Waals surface area contributed by atoms with Crippen molar-refractivity contribution in [2.45, 2.75) is 49.4 Å². The van der Waals surface area contributed by atoms with Crippen LogP contribution in [0.1, 0.15) is 32.1 Å². The van der Waals surface area contributed by atoms with E-state index in [9.17, 15) is 31.5 Å². The fourth-order valence-electron chi connectivity index (χ4n) is 5.04. The van der Waals surface area contributed by atoms with E-state index in [1.165, 1.54) is 36.4 Å². The summed E-state index contributed by atoms with van der Waals surface area (Å²) in [5.74, 6) is -1.42. The second-order valence-electron chi connectivity index (χ2n) is 8.49. The van der Waals surface area contributed by atoms with Gasteiger partial charge in [0.15, 0.2) is 0 Å². The van der Waals surface area contributed by atoms with Gasteiger partial charge >= 0.3 is 12.3 Å². The minimum absolute atomic E-state index is 0.0104. The molecule has 2 fully saturated rings. The number of carboxylic acid groups (broad SMARTS) is 1. The summed E-state index contributed by atoms with van der Waals surface area (Å²) in [4.78, 5) is 12.1. The summed E-state index contributed by atoms with van der Waals surface area (Å²) >= 11 is 0.